The molecule has 4 N–H and O–H groups in total. The van der Waals surface area contributed by atoms with Crippen LogP contribution in [0.2, 0.25) is 0 Å². The Hall–Kier alpha value is -0.770. The van der Waals surface area contributed by atoms with Crippen LogP contribution in [0.1, 0.15) is 27.2 Å². The highest BCUT2D eigenvalue weighted by Crippen LogP contribution is 2.16. The van der Waals surface area contributed by atoms with Gasteiger partial charge >= 0.3 is 0 Å². The number of rotatable bonds is 4. The number of nitrogens with one attached hydrogen (secondary N) is 1. The minimum absolute atomic E-state index is 0.226. The number of nitrogens with two attached hydrogens (primary N) is 1. The second-order valence-electron chi connectivity index (χ2n) is 4.08. The molecule has 4 heteroatoms. The van der Waals surface area contributed by atoms with E-state index >= 15 is 0 Å². The van der Waals surface area contributed by atoms with Gasteiger partial charge in [0.15, 0.2) is 5.84 Å². The highest BCUT2D eigenvalue weighted by molar-refractivity contribution is 5.81. The predicted octanol–water partition coefficient (Wildman–Crippen LogP) is 0.759. The van der Waals surface area contributed by atoms with Gasteiger partial charge in [-0.3, -0.25) is 0 Å². The number of oxime groups is 1. The molecule has 0 saturated heterocycles. The number of amidine groups is 1. The van der Waals surface area contributed by atoms with E-state index < -0.39 is 0 Å². The Bertz CT molecular complexity index is 149. The highest BCUT2D eigenvalue weighted by atomic mass is 16.4. The van der Waals surface area contributed by atoms with Crippen molar-refractivity contribution in [3.8, 4) is 0 Å². The monoisotopic (exact) mass is 173 g/mol. The minimum atomic E-state index is 0.226. The van der Waals surface area contributed by atoms with Crippen molar-refractivity contribution in [1.82, 2.24) is 5.32 Å². The standard InChI is InChI=1S/C8H19N3O/c1-8(2,3)4-5-10-6-7(9)11-12/h10,12H,4-6H2,1-3H3,(H2,9,11). The molecule has 0 amide bonds. The number of hydrogen-bond donors (Lipinski definition) is 3. The Morgan fingerprint density at radius 1 is 1.50 bits per heavy atom. The molecule has 0 aromatic carbocycles. The lowest BCUT2D eigenvalue weighted by molar-refractivity contribution is 0.316. The van der Waals surface area contributed by atoms with Gasteiger partial charge in [-0.25, -0.2) is 0 Å². The van der Waals surface area contributed by atoms with Crippen LogP contribution in [-0.2, 0) is 0 Å². The van der Waals surface area contributed by atoms with Crippen LogP contribution in [0.25, 0.3) is 0 Å². The van der Waals surface area contributed by atoms with Crippen LogP contribution < -0.4 is 11.1 Å². The van der Waals surface area contributed by atoms with Crippen molar-refractivity contribution in [2.75, 3.05) is 13.1 Å². The Kier molecular flexibility index (Phi) is 4.66. The first kappa shape index (κ1) is 11.2. The van der Waals surface area contributed by atoms with E-state index in [1.165, 1.54) is 0 Å². The van der Waals surface area contributed by atoms with E-state index in [2.05, 4.69) is 31.2 Å². The molecule has 4 nitrogen and oxygen atoms in total. The Morgan fingerprint density at radius 2 is 2.08 bits per heavy atom. The van der Waals surface area contributed by atoms with Gasteiger partial charge in [-0.1, -0.05) is 25.9 Å². The van der Waals surface area contributed by atoms with Crippen molar-refractivity contribution >= 4 is 5.84 Å². The third-order valence-electron chi connectivity index (χ3n) is 1.49. The molecule has 0 aliphatic carbocycles. The van der Waals surface area contributed by atoms with Gasteiger partial charge in [0.2, 0.25) is 0 Å². The minimum Gasteiger partial charge on any atom is -0.409 e. The van der Waals surface area contributed by atoms with Gasteiger partial charge in [0.05, 0.1) is 6.54 Å². The van der Waals surface area contributed by atoms with E-state index in [1.807, 2.05) is 0 Å². The summed E-state index contributed by atoms with van der Waals surface area (Å²) in [6.07, 6.45) is 1.08. The highest BCUT2D eigenvalue weighted by Gasteiger charge is 2.08. The van der Waals surface area contributed by atoms with E-state index in [0.29, 0.717) is 12.0 Å². The average molecular weight is 173 g/mol. The van der Waals surface area contributed by atoms with Gasteiger partial charge < -0.3 is 16.3 Å². The summed E-state index contributed by atoms with van der Waals surface area (Å²) in [5.74, 6) is 0.226. The van der Waals surface area contributed by atoms with E-state index in [4.69, 9.17) is 10.9 Å². The summed E-state index contributed by atoms with van der Waals surface area (Å²) in [6.45, 7) is 7.88. The normalized spacial score (nSPS) is 13.4. The Balaban J connectivity index is 3.34. The molecule has 0 atom stereocenters. The van der Waals surface area contributed by atoms with Gasteiger partial charge in [-0.15, -0.1) is 0 Å². The zero-order valence-corrected chi connectivity index (χ0v) is 8.09. The molecule has 0 spiro atoms. The third kappa shape index (κ3) is 7.34. The van der Waals surface area contributed by atoms with Crippen molar-refractivity contribution in [1.29, 1.82) is 0 Å². The first-order valence-corrected chi connectivity index (χ1v) is 4.13. The summed E-state index contributed by atoms with van der Waals surface area (Å²) < 4.78 is 0. The average Bonchev–Trinajstić information content (AvgIpc) is 1.96. The fourth-order valence-corrected chi connectivity index (χ4v) is 0.715. The maximum Gasteiger partial charge on any atom is 0.153 e. The van der Waals surface area contributed by atoms with Crippen molar-refractivity contribution in [3.05, 3.63) is 0 Å². The second kappa shape index (κ2) is 4.98. The zero-order chi connectivity index (χ0) is 9.61. The first-order valence-electron chi connectivity index (χ1n) is 4.13. The lowest BCUT2D eigenvalue weighted by Crippen LogP contribution is -2.31. The fraction of sp³-hybridized carbons (Fsp3) is 0.875. The van der Waals surface area contributed by atoms with Crippen molar-refractivity contribution in [2.45, 2.75) is 27.2 Å². The van der Waals surface area contributed by atoms with Crippen LogP contribution in [-0.4, -0.2) is 24.1 Å². The third-order valence-corrected chi connectivity index (χ3v) is 1.49. The molecule has 0 fully saturated rings. The van der Waals surface area contributed by atoms with E-state index in [-0.39, 0.29) is 5.84 Å². The van der Waals surface area contributed by atoms with Crippen LogP contribution in [0.4, 0.5) is 0 Å². The maximum absolute atomic E-state index is 8.22. The first-order chi connectivity index (χ1) is 5.45. The number of hydrogen-bond acceptors (Lipinski definition) is 3. The van der Waals surface area contributed by atoms with Gasteiger partial charge in [-0.2, -0.15) is 0 Å². The summed E-state index contributed by atoms with van der Waals surface area (Å²) in [4.78, 5) is 0. The summed E-state index contributed by atoms with van der Waals surface area (Å²) >= 11 is 0. The molecule has 0 bridgehead atoms. The molecule has 0 aliphatic rings. The quantitative estimate of drug-likeness (QED) is 0.193. The van der Waals surface area contributed by atoms with Gasteiger partial charge in [0.1, 0.15) is 0 Å². The molecular formula is C8H19N3O. The molecule has 0 unspecified atom stereocenters. The van der Waals surface area contributed by atoms with Crippen molar-refractivity contribution in [3.63, 3.8) is 0 Å². The molecule has 72 valence electrons. The van der Waals surface area contributed by atoms with Crippen LogP contribution in [0, 0.1) is 5.41 Å². The largest absolute Gasteiger partial charge is 0.409 e. The summed E-state index contributed by atoms with van der Waals surface area (Å²) in [7, 11) is 0. The smallest absolute Gasteiger partial charge is 0.153 e. The predicted molar refractivity (Wildman–Crippen MR) is 50.4 cm³/mol. The lowest BCUT2D eigenvalue weighted by atomic mass is 9.92. The maximum atomic E-state index is 8.22. The van der Waals surface area contributed by atoms with Crippen LogP contribution in [0.5, 0.6) is 0 Å². The number of nitrogens with zero attached hydrogens (tertiary/aromatic N) is 1. The van der Waals surface area contributed by atoms with E-state index in [1.54, 1.807) is 0 Å². The van der Waals surface area contributed by atoms with Crippen molar-refractivity contribution in [2.24, 2.45) is 16.3 Å². The fourth-order valence-electron chi connectivity index (χ4n) is 0.715. The lowest BCUT2D eigenvalue weighted by Gasteiger charge is -2.17. The Morgan fingerprint density at radius 3 is 2.50 bits per heavy atom. The van der Waals surface area contributed by atoms with Crippen molar-refractivity contribution < 1.29 is 5.21 Å². The molecule has 0 saturated carbocycles. The molecule has 0 aromatic rings. The molecular weight excluding hydrogens is 154 g/mol. The summed E-state index contributed by atoms with van der Waals surface area (Å²) in [5.41, 5.74) is 5.59. The second-order valence-corrected chi connectivity index (χ2v) is 4.08. The van der Waals surface area contributed by atoms with Gasteiger partial charge in [-0.05, 0) is 18.4 Å². The molecule has 12 heavy (non-hydrogen) atoms. The molecule has 0 aliphatic heterocycles. The Labute approximate surface area is 73.8 Å². The van der Waals surface area contributed by atoms with Gasteiger partial charge in [0.25, 0.3) is 0 Å². The molecule has 0 rings (SSSR count). The van der Waals surface area contributed by atoms with Crippen LogP contribution in [0.3, 0.4) is 0 Å². The van der Waals surface area contributed by atoms with Crippen LogP contribution >= 0.6 is 0 Å². The summed E-state index contributed by atoms with van der Waals surface area (Å²) in [5, 5.41) is 14.1. The SMILES string of the molecule is CC(C)(C)CCNCC(N)=NO. The molecule has 0 radical (unpaired) electrons. The van der Waals surface area contributed by atoms with Crippen LogP contribution in [0.15, 0.2) is 5.16 Å². The molecule has 0 aromatic heterocycles. The van der Waals surface area contributed by atoms with E-state index in [9.17, 15) is 0 Å². The zero-order valence-electron chi connectivity index (χ0n) is 8.09. The van der Waals surface area contributed by atoms with Gasteiger partial charge in [0, 0.05) is 0 Å². The van der Waals surface area contributed by atoms with E-state index in [0.717, 1.165) is 13.0 Å². The molecule has 0 heterocycles. The topological polar surface area (TPSA) is 70.6 Å². The summed E-state index contributed by atoms with van der Waals surface area (Å²) in [6, 6.07) is 0.